The zero-order chi connectivity index (χ0) is 36.3. The van der Waals surface area contributed by atoms with E-state index < -0.39 is 58.7 Å². The monoisotopic (exact) mass is 726 g/mol. The van der Waals surface area contributed by atoms with Crippen molar-refractivity contribution in [3.8, 4) is 16.3 Å². The molecule has 2 aliphatic heterocycles. The zero-order valence-corrected chi connectivity index (χ0v) is 29.9. The van der Waals surface area contributed by atoms with E-state index in [9.17, 15) is 34.2 Å². The summed E-state index contributed by atoms with van der Waals surface area (Å²) in [5.74, 6) is -5.77. The molecule has 13 heteroatoms. The number of phenolic OH excluding ortho intramolecular Hbond substituents is 1. The van der Waals surface area contributed by atoms with E-state index in [1.807, 2.05) is 44.2 Å². The van der Waals surface area contributed by atoms with Crippen molar-refractivity contribution in [2.75, 3.05) is 11.4 Å². The number of rotatable bonds is 6. The first-order valence-electron chi connectivity index (χ1n) is 16.9. The smallest absolute Gasteiger partial charge is 0.305 e. The number of allylic oxidation sites excluding steroid dienone is 2. The number of thiophene rings is 1. The number of aromatic nitrogens is 2. The number of hydrogen-bond donors (Lipinski definition) is 2. The van der Waals surface area contributed by atoms with E-state index in [2.05, 4.69) is 0 Å². The Morgan fingerprint density at radius 2 is 1.80 bits per heavy atom. The summed E-state index contributed by atoms with van der Waals surface area (Å²) in [7, 11) is 1.70. The van der Waals surface area contributed by atoms with E-state index in [1.165, 1.54) is 4.90 Å². The number of anilines is 1. The number of benzene rings is 2. The normalized spacial score (nSPS) is 27.2. The highest BCUT2D eigenvalue weighted by Gasteiger charge is 2.68. The molecule has 4 aliphatic rings. The highest BCUT2D eigenvalue weighted by atomic mass is 35.5. The van der Waals surface area contributed by atoms with Crippen LogP contribution in [0.3, 0.4) is 0 Å². The fraction of sp³-hybridized carbons (Fsp3) is 0.368. The Labute approximate surface area is 302 Å². The second kappa shape index (κ2) is 11.6. The van der Waals surface area contributed by atoms with Crippen LogP contribution in [0.25, 0.3) is 20.7 Å². The highest BCUT2D eigenvalue weighted by Crippen LogP contribution is 2.63. The van der Waals surface area contributed by atoms with Gasteiger partial charge in [0.25, 0.3) is 0 Å². The molecular weight excluding hydrogens is 692 g/mol. The number of imide groups is 2. The zero-order valence-electron chi connectivity index (χ0n) is 28.3. The summed E-state index contributed by atoms with van der Waals surface area (Å²) in [6.45, 7) is 5.35. The van der Waals surface area contributed by atoms with Crippen molar-refractivity contribution >= 4 is 68.4 Å². The van der Waals surface area contributed by atoms with Crippen LogP contribution in [0.15, 0.2) is 54.1 Å². The summed E-state index contributed by atoms with van der Waals surface area (Å²) >= 11 is 7.84. The predicted molar refractivity (Wildman–Crippen MR) is 190 cm³/mol. The molecule has 6 unspecified atom stereocenters. The summed E-state index contributed by atoms with van der Waals surface area (Å²) in [6, 6.07) is 12.6. The number of carbonyl (C=O) groups excluding carboxylic acids is 4. The minimum Gasteiger partial charge on any atom is -0.508 e. The van der Waals surface area contributed by atoms with Crippen molar-refractivity contribution in [1.82, 2.24) is 14.7 Å². The van der Waals surface area contributed by atoms with Gasteiger partial charge in [-0.1, -0.05) is 35.4 Å². The Morgan fingerprint density at radius 3 is 2.53 bits per heavy atom. The van der Waals surface area contributed by atoms with Gasteiger partial charge in [0.15, 0.2) is 0 Å². The fourth-order valence-electron chi connectivity index (χ4n) is 9.18. The van der Waals surface area contributed by atoms with Gasteiger partial charge < -0.3 is 10.2 Å². The van der Waals surface area contributed by atoms with Crippen molar-refractivity contribution in [1.29, 1.82) is 0 Å². The molecule has 8 rings (SSSR count). The molecule has 6 atom stereocenters. The topological polar surface area (TPSA) is 150 Å². The van der Waals surface area contributed by atoms with E-state index in [-0.39, 0.29) is 37.5 Å². The highest BCUT2D eigenvalue weighted by molar-refractivity contribution is 7.22. The molecule has 0 bridgehead atoms. The number of carboxylic acids is 1. The lowest BCUT2D eigenvalue weighted by molar-refractivity contribution is -0.142. The standard InChI is InChI=1S/C38H35ClN4O7S/c1-17-13-19(5-9-27(17)44)32-21-7-8-22-31(36(49)42(34(22)47)12-11-30(45)46)24(21)15-25-35(48)43(37(50)38(25,32)3)29-16-26(40-41(29)4)33-18(2)23-14-20(39)6-10-28(23)51-33/h5-7,9-10,13-14,16,22,24-25,31-32,44H,8,11-12,15H2,1-4H3,(H,45,46). The number of aromatic hydroxyl groups is 1. The lowest BCUT2D eigenvalue weighted by Crippen LogP contribution is -2.49. The molecule has 11 nitrogen and oxygen atoms in total. The molecule has 2 N–H and O–H groups in total. The molecule has 4 aromatic rings. The summed E-state index contributed by atoms with van der Waals surface area (Å²) in [6.07, 6.45) is 2.02. The van der Waals surface area contributed by atoms with Crippen LogP contribution < -0.4 is 4.90 Å². The van der Waals surface area contributed by atoms with E-state index in [0.717, 1.165) is 36.6 Å². The van der Waals surface area contributed by atoms with Crippen LogP contribution in [0.1, 0.15) is 48.8 Å². The average molecular weight is 727 g/mol. The van der Waals surface area contributed by atoms with E-state index in [4.69, 9.17) is 16.7 Å². The van der Waals surface area contributed by atoms with Crippen LogP contribution in [0.2, 0.25) is 5.02 Å². The number of carboxylic acid groups (broad SMARTS) is 1. The van der Waals surface area contributed by atoms with Crippen LogP contribution in [0, 0.1) is 42.9 Å². The first-order valence-corrected chi connectivity index (χ1v) is 18.1. The number of nitrogens with zero attached hydrogens (tertiary/aromatic N) is 4. The molecule has 0 spiro atoms. The minimum absolute atomic E-state index is 0.0906. The van der Waals surface area contributed by atoms with Crippen molar-refractivity contribution < 1.29 is 34.2 Å². The van der Waals surface area contributed by atoms with Crippen LogP contribution in [0.5, 0.6) is 5.75 Å². The van der Waals surface area contributed by atoms with Gasteiger partial charge in [-0.3, -0.25) is 33.6 Å². The van der Waals surface area contributed by atoms with Gasteiger partial charge in [-0.2, -0.15) is 5.10 Å². The molecule has 262 valence electrons. The summed E-state index contributed by atoms with van der Waals surface area (Å²) < 4.78 is 2.58. The lowest BCUT2D eigenvalue weighted by Gasteiger charge is -2.49. The molecule has 2 saturated heterocycles. The summed E-state index contributed by atoms with van der Waals surface area (Å²) in [5.41, 5.74) is 2.47. The van der Waals surface area contributed by atoms with Gasteiger partial charge in [-0.15, -0.1) is 11.3 Å². The fourth-order valence-corrected chi connectivity index (χ4v) is 10.5. The number of halogens is 1. The van der Waals surface area contributed by atoms with Crippen LogP contribution >= 0.6 is 22.9 Å². The molecule has 2 aromatic carbocycles. The number of fused-ring (bicyclic) bond motifs is 5. The Hall–Kier alpha value is -4.81. The Kier molecular flexibility index (Phi) is 7.59. The maximum atomic E-state index is 15.0. The quantitative estimate of drug-likeness (QED) is 0.182. The van der Waals surface area contributed by atoms with Gasteiger partial charge in [-0.05, 0) is 85.9 Å². The van der Waals surface area contributed by atoms with Crippen LogP contribution in [-0.4, -0.2) is 61.0 Å². The number of phenols is 1. The number of hydrogen-bond acceptors (Lipinski definition) is 8. The SMILES string of the molecule is Cc1cc(C2C3=CCC4C(=O)N(CCC(=O)O)C(=O)C4C3CC3C(=O)N(c4cc(-c5sc6ccc(Cl)cc6c5C)nn4C)C(=O)C32C)ccc1O. The van der Waals surface area contributed by atoms with Gasteiger partial charge in [-0.25, -0.2) is 4.90 Å². The molecule has 1 saturated carbocycles. The number of aryl methyl sites for hydroxylation is 3. The number of aliphatic carboxylic acids is 1. The minimum atomic E-state index is -1.26. The van der Waals surface area contributed by atoms with Crippen LogP contribution in [-0.2, 0) is 31.0 Å². The predicted octanol–water partition coefficient (Wildman–Crippen LogP) is 5.98. The Bertz CT molecular complexity index is 2270. The maximum absolute atomic E-state index is 15.0. The lowest BCUT2D eigenvalue weighted by atomic mass is 9.51. The third kappa shape index (κ3) is 4.75. The van der Waals surface area contributed by atoms with Gasteiger partial charge >= 0.3 is 5.97 Å². The second-order valence-electron chi connectivity index (χ2n) is 14.4. The van der Waals surface area contributed by atoms with Crippen molar-refractivity contribution in [3.63, 3.8) is 0 Å². The number of carbonyl (C=O) groups is 5. The molecule has 2 aliphatic carbocycles. The Morgan fingerprint density at radius 1 is 1.04 bits per heavy atom. The molecular formula is C38H35ClN4O7S. The van der Waals surface area contributed by atoms with Gasteiger partial charge in [0.05, 0.1) is 34.5 Å². The van der Waals surface area contributed by atoms with Gasteiger partial charge in [0.1, 0.15) is 17.3 Å². The molecule has 2 aromatic heterocycles. The van der Waals surface area contributed by atoms with E-state index in [1.54, 1.807) is 48.2 Å². The molecule has 51 heavy (non-hydrogen) atoms. The van der Waals surface area contributed by atoms with E-state index >= 15 is 0 Å². The summed E-state index contributed by atoms with van der Waals surface area (Å²) in [4.78, 5) is 71.6. The summed E-state index contributed by atoms with van der Waals surface area (Å²) in [5, 5.41) is 26.1. The van der Waals surface area contributed by atoms with Crippen LogP contribution in [0.4, 0.5) is 5.82 Å². The molecule has 0 radical (unpaired) electrons. The first kappa shape index (κ1) is 33.3. The van der Waals surface area contributed by atoms with Crippen molar-refractivity contribution in [2.45, 2.75) is 46.0 Å². The van der Waals surface area contributed by atoms with Gasteiger partial charge in [0, 0.05) is 35.3 Å². The number of amides is 4. The van der Waals surface area contributed by atoms with E-state index in [0.29, 0.717) is 22.1 Å². The third-order valence-corrected chi connectivity index (χ3v) is 13.2. The molecule has 3 fully saturated rings. The Balaban J connectivity index is 1.23. The second-order valence-corrected chi connectivity index (χ2v) is 15.9. The first-order chi connectivity index (χ1) is 24.2. The molecule has 4 amide bonds. The van der Waals surface area contributed by atoms with Crippen molar-refractivity contribution in [3.05, 3.63) is 75.8 Å². The number of likely N-dealkylation sites (tertiary alicyclic amines) is 1. The maximum Gasteiger partial charge on any atom is 0.305 e. The van der Waals surface area contributed by atoms with Crippen molar-refractivity contribution in [2.24, 2.45) is 36.1 Å². The average Bonchev–Trinajstić information content (AvgIpc) is 3.75. The largest absolute Gasteiger partial charge is 0.508 e. The molecule has 4 heterocycles. The third-order valence-electron chi connectivity index (χ3n) is 11.7. The van der Waals surface area contributed by atoms with Gasteiger partial charge in [0.2, 0.25) is 23.6 Å².